The van der Waals surface area contributed by atoms with Crippen LogP contribution in [-0.4, -0.2) is 17.9 Å². The van der Waals surface area contributed by atoms with Crippen molar-refractivity contribution in [3.05, 3.63) is 95.3 Å². The quantitative estimate of drug-likeness (QED) is 0.582. The molecule has 2 saturated heterocycles. The van der Waals surface area contributed by atoms with Gasteiger partial charge in [0.05, 0.1) is 22.4 Å². The van der Waals surface area contributed by atoms with Gasteiger partial charge in [-0.3, -0.25) is 14.4 Å². The zero-order valence-electron chi connectivity index (χ0n) is 15.6. The van der Waals surface area contributed by atoms with Crippen LogP contribution in [0.3, 0.4) is 0 Å². The number of benzene rings is 3. The first-order chi connectivity index (χ1) is 14.6. The lowest BCUT2D eigenvalue weighted by atomic mass is 9.90. The maximum Gasteiger partial charge on any atom is 0.266 e. The summed E-state index contributed by atoms with van der Waals surface area (Å²) in [6.45, 7) is 0. The van der Waals surface area contributed by atoms with Crippen LogP contribution in [0.15, 0.2) is 78.9 Å². The molecule has 2 aliphatic rings. The first kappa shape index (κ1) is 18.8. The Hall–Kier alpha value is -3.22. The average molecular weight is 423 g/mol. The largest absolute Gasteiger partial charge is 0.273 e. The van der Waals surface area contributed by atoms with Crippen molar-refractivity contribution in [1.29, 1.82) is 0 Å². The summed E-state index contributed by atoms with van der Waals surface area (Å²) in [5.41, 5.74) is 1.73. The summed E-state index contributed by atoms with van der Waals surface area (Å²) in [6.07, 6.45) is -0.998. The summed E-state index contributed by atoms with van der Waals surface area (Å²) < 4.78 is 14.0. The van der Waals surface area contributed by atoms with E-state index in [0.29, 0.717) is 0 Å². The van der Waals surface area contributed by atoms with Crippen molar-refractivity contribution < 1.29 is 18.8 Å². The molecule has 0 aliphatic carbocycles. The maximum atomic E-state index is 14.0. The van der Waals surface area contributed by atoms with E-state index in [9.17, 15) is 14.0 Å². The van der Waals surface area contributed by atoms with Gasteiger partial charge >= 0.3 is 0 Å². The van der Waals surface area contributed by atoms with Gasteiger partial charge in [-0.2, -0.15) is 0 Å². The number of amides is 2. The summed E-state index contributed by atoms with van der Waals surface area (Å²) in [6, 6.07) is 22.1. The molecule has 5 nitrogen and oxygen atoms in total. The van der Waals surface area contributed by atoms with Crippen molar-refractivity contribution in [3.63, 3.8) is 0 Å². The van der Waals surface area contributed by atoms with Crippen molar-refractivity contribution in [3.8, 4) is 0 Å². The highest BCUT2D eigenvalue weighted by Gasteiger charge is 2.60. The molecule has 30 heavy (non-hydrogen) atoms. The molecule has 7 heteroatoms. The van der Waals surface area contributed by atoms with Crippen LogP contribution in [0.1, 0.15) is 11.6 Å². The minimum atomic E-state index is -0.998. The van der Waals surface area contributed by atoms with Crippen LogP contribution < -0.4 is 9.96 Å². The standard InChI is InChI=1S/C23H16ClFN2O3/c24-17-12-11-16(13-18(17)25)26-22(28)19-20(14-7-3-1-4-8-14)27(30-21(19)23(26)29)15-9-5-2-6-10-15/h1-13,19-21H/t19-,20-,21-/m1/s1. The van der Waals surface area contributed by atoms with Gasteiger partial charge in [0.25, 0.3) is 5.91 Å². The Balaban J connectivity index is 1.58. The Morgan fingerprint density at radius 3 is 2.17 bits per heavy atom. The zero-order valence-corrected chi connectivity index (χ0v) is 16.4. The second kappa shape index (κ2) is 7.23. The van der Waals surface area contributed by atoms with Crippen LogP contribution in [0, 0.1) is 11.7 Å². The highest BCUT2D eigenvalue weighted by atomic mass is 35.5. The molecule has 2 heterocycles. The Morgan fingerprint density at radius 1 is 0.833 bits per heavy atom. The van der Waals surface area contributed by atoms with Crippen LogP contribution >= 0.6 is 11.6 Å². The predicted octanol–water partition coefficient (Wildman–Crippen LogP) is 4.53. The number of para-hydroxylation sites is 1. The van der Waals surface area contributed by atoms with E-state index in [1.807, 2.05) is 60.7 Å². The van der Waals surface area contributed by atoms with E-state index in [2.05, 4.69) is 0 Å². The Bertz CT molecular complexity index is 1130. The number of hydrogen-bond acceptors (Lipinski definition) is 4. The molecule has 3 aromatic rings. The number of fused-ring (bicyclic) bond motifs is 1. The topological polar surface area (TPSA) is 49.9 Å². The van der Waals surface area contributed by atoms with E-state index in [1.54, 1.807) is 5.06 Å². The van der Waals surface area contributed by atoms with Crippen molar-refractivity contribution in [2.45, 2.75) is 12.1 Å². The van der Waals surface area contributed by atoms with E-state index in [1.165, 1.54) is 12.1 Å². The SMILES string of the molecule is O=C1[C@@H]2[C@@H](c3ccccc3)N(c3ccccc3)O[C@H]2C(=O)N1c1ccc(Cl)c(F)c1. The molecule has 3 aromatic carbocycles. The van der Waals surface area contributed by atoms with Gasteiger partial charge in [0.2, 0.25) is 5.91 Å². The Kier molecular flexibility index (Phi) is 4.53. The fourth-order valence-electron chi connectivity index (χ4n) is 4.08. The fraction of sp³-hybridized carbons (Fsp3) is 0.130. The normalized spacial score (nSPS) is 23.2. The van der Waals surface area contributed by atoms with E-state index < -0.39 is 35.7 Å². The molecule has 0 radical (unpaired) electrons. The van der Waals surface area contributed by atoms with Gasteiger partial charge in [-0.1, -0.05) is 60.1 Å². The van der Waals surface area contributed by atoms with Gasteiger partial charge in [0.15, 0.2) is 6.10 Å². The molecule has 0 spiro atoms. The molecule has 0 bridgehead atoms. The third kappa shape index (κ3) is 2.88. The number of nitrogens with zero attached hydrogens (tertiary/aromatic N) is 2. The molecular weight excluding hydrogens is 407 g/mol. The molecule has 0 unspecified atom stereocenters. The lowest BCUT2D eigenvalue weighted by molar-refractivity contribution is -0.126. The van der Waals surface area contributed by atoms with Gasteiger partial charge in [0.1, 0.15) is 11.7 Å². The van der Waals surface area contributed by atoms with Crippen molar-refractivity contribution in [2.75, 3.05) is 9.96 Å². The Morgan fingerprint density at radius 2 is 1.50 bits per heavy atom. The highest BCUT2D eigenvalue weighted by molar-refractivity contribution is 6.31. The first-order valence-electron chi connectivity index (χ1n) is 9.45. The molecule has 0 aromatic heterocycles. The third-order valence-corrected chi connectivity index (χ3v) is 5.74. The molecular formula is C23H16ClFN2O3. The monoisotopic (exact) mass is 422 g/mol. The summed E-state index contributed by atoms with van der Waals surface area (Å²) in [5, 5.41) is 1.55. The molecule has 5 rings (SSSR count). The van der Waals surface area contributed by atoms with Crippen LogP contribution in [0.4, 0.5) is 15.8 Å². The molecule has 2 amide bonds. The van der Waals surface area contributed by atoms with Gasteiger partial charge < -0.3 is 0 Å². The zero-order chi connectivity index (χ0) is 20.8. The number of anilines is 2. The fourth-order valence-corrected chi connectivity index (χ4v) is 4.20. The number of hydroxylamine groups is 1. The minimum absolute atomic E-state index is 0.0771. The second-order valence-electron chi connectivity index (χ2n) is 7.18. The van der Waals surface area contributed by atoms with E-state index in [0.717, 1.165) is 22.2 Å². The number of carbonyl (C=O) groups excluding carboxylic acids is 2. The van der Waals surface area contributed by atoms with Gasteiger partial charge in [0, 0.05) is 0 Å². The lowest BCUT2D eigenvalue weighted by Crippen LogP contribution is -2.37. The molecule has 2 fully saturated rings. The molecule has 2 aliphatic heterocycles. The Labute approximate surface area is 177 Å². The number of carbonyl (C=O) groups is 2. The summed E-state index contributed by atoms with van der Waals surface area (Å²) in [5.74, 6) is -2.41. The lowest BCUT2D eigenvalue weighted by Gasteiger charge is -2.28. The molecule has 3 atom stereocenters. The van der Waals surface area contributed by atoms with Crippen LogP contribution in [0.5, 0.6) is 0 Å². The van der Waals surface area contributed by atoms with Crippen LogP contribution in [0.25, 0.3) is 0 Å². The smallest absolute Gasteiger partial charge is 0.266 e. The van der Waals surface area contributed by atoms with E-state index >= 15 is 0 Å². The highest BCUT2D eigenvalue weighted by Crippen LogP contribution is 2.47. The van der Waals surface area contributed by atoms with Crippen molar-refractivity contribution >= 4 is 34.8 Å². The summed E-state index contributed by atoms with van der Waals surface area (Å²) in [4.78, 5) is 33.6. The third-order valence-electron chi connectivity index (χ3n) is 5.43. The number of imide groups is 1. The van der Waals surface area contributed by atoms with Crippen molar-refractivity contribution in [2.24, 2.45) is 5.92 Å². The van der Waals surface area contributed by atoms with Gasteiger partial charge in [-0.15, -0.1) is 0 Å². The molecule has 150 valence electrons. The minimum Gasteiger partial charge on any atom is -0.273 e. The van der Waals surface area contributed by atoms with E-state index in [-0.39, 0.29) is 10.7 Å². The predicted molar refractivity (Wildman–Crippen MR) is 110 cm³/mol. The van der Waals surface area contributed by atoms with Crippen molar-refractivity contribution in [1.82, 2.24) is 0 Å². The number of hydrogen-bond donors (Lipinski definition) is 0. The van der Waals surface area contributed by atoms with Gasteiger partial charge in [-0.05, 0) is 35.9 Å². The summed E-state index contributed by atoms with van der Waals surface area (Å²) in [7, 11) is 0. The summed E-state index contributed by atoms with van der Waals surface area (Å²) >= 11 is 5.75. The van der Waals surface area contributed by atoms with Gasteiger partial charge in [-0.25, -0.2) is 14.4 Å². The molecule has 0 saturated carbocycles. The number of rotatable bonds is 3. The maximum absolute atomic E-state index is 14.0. The average Bonchev–Trinajstić information content (AvgIpc) is 3.28. The molecule has 0 N–H and O–H groups in total. The van der Waals surface area contributed by atoms with E-state index in [4.69, 9.17) is 16.4 Å². The second-order valence-corrected chi connectivity index (χ2v) is 7.59. The first-order valence-corrected chi connectivity index (χ1v) is 9.83. The number of halogens is 2. The van der Waals surface area contributed by atoms with Crippen LogP contribution in [0.2, 0.25) is 5.02 Å². The van der Waals surface area contributed by atoms with Crippen LogP contribution in [-0.2, 0) is 14.4 Å².